The van der Waals surface area contributed by atoms with Crippen LogP contribution in [0.3, 0.4) is 0 Å². The number of alkyl carbamates (subject to hydrolysis) is 1. The molecule has 47 heavy (non-hydrogen) atoms. The Bertz CT molecular complexity index is 1720. The number of ether oxygens (including phenoxy) is 3. The van der Waals surface area contributed by atoms with Crippen molar-refractivity contribution in [3.8, 4) is 0 Å². The standard InChI is InChI=1S/C37H35N3O7/c1-25-33(28-17-9-4-10-18-28)47-37(44)40(25)34(41)30(21-38-35(42)45-23-26-13-5-2-6-14-26)31-22-39(32-20-12-11-19-29(31)32)36(43)46-24-27-15-7-3-8-16-27/h2-20,25,30-31,33H,21-24H2,1H3,(H,38,42)/t25-,30+,31?,33-/m0/s1. The lowest BCUT2D eigenvalue weighted by Crippen LogP contribution is -2.48. The number of cyclic esters (lactones) is 1. The number of benzene rings is 4. The first kappa shape index (κ1) is 31.3. The van der Waals surface area contributed by atoms with E-state index in [0.717, 1.165) is 27.2 Å². The van der Waals surface area contributed by atoms with Gasteiger partial charge in [0.1, 0.15) is 19.3 Å². The number of carbonyl (C=O) groups excluding carboxylic acids is 4. The molecule has 10 heteroatoms. The van der Waals surface area contributed by atoms with Crippen molar-refractivity contribution in [2.75, 3.05) is 18.0 Å². The van der Waals surface area contributed by atoms with Crippen LogP contribution in [0.15, 0.2) is 115 Å². The lowest BCUT2D eigenvalue weighted by molar-refractivity contribution is -0.133. The van der Waals surface area contributed by atoms with E-state index in [2.05, 4.69) is 5.32 Å². The predicted octanol–water partition coefficient (Wildman–Crippen LogP) is 6.58. The van der Waals surface area contributed by atoms with Gasteiger partial charge in [-0.25, -0.2) is 19.3 Å². The van der Waals surface area contributed by atoms with Gasteiger partial charge < -0.3 is 19.5 Å². The van der Waals surface area contributed by atoms with Crippen molar-refractivity contribution in [2.45, 2.75) is 38.2 Å². The summed E-state index contributed by atoms with van der Waals surface area (Å²) in [6.07, 6.45) is -2.70. The SMILES string of the molecule is C[C@H]1[C@@H](c2ccccc2)OC(=O)N1C(=O)[C@H](CNC(=O)OCc1ccccc1)C1CN(C(=O)OCc2ccccc2)c2ccccc21. The normalized spacial score (nSPS) is 19.0. The van der Waals surface area contributed by atoms with Crippen LogP contribution in [0.2, 0.25) is 0 Å². The minimum Gasteiger partial charge on any atom is -0.445 e. The largest absolute Gasteiger partial charge is 0.445 e. The third-order valence-corrected chi connectivity index (χ3v) is 8.55. The van der Waals surface area contributed by atoms with Crippen LogP contribution in [0.4, 0.5) is 20.1 Å². The van der Waals surface area contributed by atoms with Crippen LogP contribution < -0.4 is 10.2 Å². The summed E-state index contributed by atoms with van der Waals surface area (Å²) in [6, 6.07) is 34.5. The Morgan fingerprint density at radius 1 is 0.809 bits per heavy atom. The molecule has 0 bridgehead atoms. The zero-order chi connectivity index (χ0) is 32.8. The molecule has 0 aromatic heterocycles. The second-order valence-electron chi connectivity index (χ2n) is 11.5. The maximum absolute atomic E-state index is 14.4. The predicted molar refractivity (Wildman–Crippen MR) is 173 cm³/mol. The third-order valence-electron chi connectivity index (χ3n) is 8.55. The quantitative estimate of drug-likeness (QED) is 0.207. The van der Waals surface area contributed by atoms with E-state index in [1.165, 1.54) is 4.90 Å². The molecule has 0 aliphatic carbocycles. The molecular weight excluding hydrogens is 598 g/mol. The Morgan fingerprint density at radius 3 is 2.04 bits per heavy atom. The van der Waals surface area contributed by atoms with E-state index in [9.17, 15) is 19.2 Å². The summed E-state index contributed by atoms with van der Waals surface area (Å²) < 4.78 is 16.8. The number of anilines is 1. The summed E-state index contributed by atoms with van der Waals surface area (Å²) in [6.45, 7) is 1.84. The average Bonchev–Trinajstić information content (AvgIpc) is 3.64. The first-order valence-corrected chi connectivity index (χ1v) is 15.5. The highest BCUT2D eigenvalue weighted by Crippen LogP contribution is 2.43. The second kappa shape index (κ2) is 14.2. The molecule has 4 atom stereocenters. The van der Waals surface area contributed by atoms with E-state index in [1.54, 1.807) is 19.1 Å². The number of fused-ring (bicyclic) bond motifs is 1. The van der Waals surface area contributed by atoms with Gasteiger partial charge >= 0.3 is 18.3 Å². The van der Waals surface area contributed by atoms with Crippen LogP contribution in [-0.4, -0.2) is 48.2 Å². The zero-order valence-electron chi connectivity index (χ0n) is 25.9. The number of amides is 4. The molecular formula is C37H35N3O7. The molecule has 0 spiro atoms. The fraction of sp³-hybridized carbons (Fsp3) is 0.243. The lowest BCUT2D eigenvalue weighted by atomic mass is 9.86. The second-order valence-corrected chi connectivity index (χ2v) is 11.5. The Hall–Kier alpha value is -5.64. The number of nitrogens with zero attached hydrogens (tertiary/aromatic N) is 2. The van der Waals surface area contributed by atoms with Crippen molar-refractivity contribution in [1.29, 1.82) is 0 Å². The molecule has 4 aromatic carbocycles. The van der Waals surface area contributed by atoms with Crippen molar-refractivity contribution in [1.82, 2.24) is 10.2 Å². The number of rotatable bonds is 9. The van der Waals surface area contributed by atoms with Crippen LogP contribution in [0, 0.1) is 5.92 Å². The van der Waals surface area contributed by atoms with E-state index in [4.69, 9.17) is 14.2 Å². The highest BCUT2D eigenvalue weighted by atomic mass is 16.6. The van der Waals surface area contributed by atoms with Crippen LogP contribution in [0.1, 0.15) is 41.2 Å². The van der Waals surface area contributed by atoms with Crippen LogP contribution >= 0.6 is 0 Å². The number of imide groups is 1. The summed E-state index contributed by atoms with van der Waals surface area (Å²) in [5.74, 6) is -2.05. The molecule has 4 aromatic rings. The summed E-state index contributed by atoms with van der Waals surface area (Å²) in [4.78, 5) is 56.5. The van der Waals surface area contributed by atoms with Crippen LogP contribution in [0.25, 0.3) is 0 Å². The van der Waals surface area contributed by atoms with Gasteiger partial charge in [0, 0.05) is 19.0 Å². The third kappa shape index (κ3) is 6.96. The molecule has 0 radical (unpaired) electrons. The molecule has 240 valence electrons. The number of para-hydroxylation sites is 1. The molecule has 2 aliphatic heterocycles. The van der Waals surface area contributed by atoms with Crippen molar-refractivity contribution < 1.29 is 33.4 Å². The zero-order valence-corrected chi connectivity index (χ0v) is 25.9. The minimum absolute atomic E-state index is 0.0484. The maximum atomic E-state index is 14.4. The van der Waals surface area contributed by atoms with Gasteiger partial charge in [-0.05, 0) is 35.2 Å². The summed E-state index contributed by atoms with van der Waals surface area (Å²) in [7, 11) is 0. The van der Waals surface area contributed by atoms with Gasteiger partial charge in [0.25, 0.3) is 0 Å². The fourth-order valence-corrected chi connectivity index (χ4v) is 6.15. The van der Waals surface area contributed by atoms with Crippen LogP contribution in [0.5, 0.6) is 0 Å². The lowest BCUT2D eigenvalue weighted by Gasteiger charge is -2.28. The van der Waals surface area contributed by atoms with E-state index in [0.29, 0.717) is 5.69 Å². The summed E-state index contributed by atoms with van der Waals surface area (Å²) >= 11 is 0. The molecule has 1 saturated heterocycles. The molecule has 0 saturated carbocycles. The molecule has 2 heterocycles. The fourth-order valence-electron chi connectivity index (χ4n) is 6.15. The maximum Gasteiger partial charge on any atom is 0.417 e. The first-order valence-electron chi connectivity index (χ1n) is 15.5. The van der Waals surface area contributed by atoms with Gasteiger partial charge in [0.2, 0.25) is 5.91 Å². The molecule has 4 amide bonds. The number of hydrogen-bond acceptors (Lipinski definition) is 7. The smallest absolute Gasteiger partial charge is 0.417 e. The van der Waals surface area contributed by atoms with Gasteiger partial charge in [-0.15, -0.1) is 0 Å². The van der Waals surface area contributed by atoms with Crippen molar-refractivity contribution >= 4 is 29.9 Å². The Kier molecular flexibility index (Phi) is 9.47. The van der Waals surface area contributed by atoms with Crippen molar-refractivity contribution in [3.63, 3.8) is 0 Å². The van der Waals surface area contributed by atoms with Crippen molar-refractivity contribution in [2.24, 2.45) is 5.92 Å². The van der Waals surface area contributed by atoms with E-state index >= 15 is 0 Å². The highest BCUT2D eigenvalue weighted by Gasteiger charge is 2.49. The molecule has 10 nitrogen and oxygen atoms in total. The Morgan fingerprint density at radius 2 is 1.38 bits per heavy atom. The molecule has 1 N–H and O–H groups in total. The van der Waals surface area contributed by atoms with E-state index in [-0.39, 0.29) is 26.3 Å². The Labute approximate surface area is 272 Å². The number of hydrogen-bond donors (Lipinski definition) is 1. The average molecular weight is 634 g/mol. The van der Waals surface area contributed by atoms with Gasteiger partial charge in [-0.1, -0.05) is 109 Å². The summed E-state index contributed by atoms with van der Waals surface area (Å²) in [5, 5.41) is 2.73. The van der Waals surface area contributed by atoms with Crippen molar-refractivity contribution in [3.05, 3.63) is 138 Å². The topological polar surface area (TPSA) is 114 Å². The molecule has 2 aliphatic rings. The van der Waals surface area contributed by atoms with Gasteiger partial charge in [-0.3, -0.25) is 9.69 Å². The highest BCUT2D eigenvalue weighted by molar-refractivity contribution is 5.97. The molecule has 1 unspecified atom stereocenters. The summed E-state index contributed by atoms with van der Waals surface area (Å²) in [5.41, 5.74) is 3.73. The monoisotopic (exact) mass is 633 g/mol. The van der Waals surface area contributed by atoms with E-state index in [1.807, 2.05) is 103 Å². The minimum atomic E-state index is -0.947. The van der Waals surface area contributed by atoms with E-state index < -0.39 is 48.2 Å². The Balaban J connectivity index is 1.24. The van der Waals surface area contributed by atoms with Gasteiger partial charge in [-0.2, -0.15) is 0 Å². The number of nitrogens with one attached hydrogen (secondary N) is 1. The number of carbonyl (C=O) groups is 4. The first-order chi connectivity index (χ1) is 22.9. The van der Waals surface area contributed by atoms with Crippen LogP contribution in [-0.2, 0) is 32.2 Å². The molecule has 6 rings (SSSR count). The molecule has 1 fully saturated rings. The van der Waals surface area contributed by atoms with Gasteiger partial charge in [0.15, 0.2) is 0 Å². The van der Waals surface area contributed by atoms with Gasteiger partial charge in [0.05, 0.1) is 17.6 Å².